The maximum atomic E-state index is 12.2. The van der Waals surface area contributed by atoms with Crippen molar-refractivity contribution in [3.8, 4) is 6.07 Å². The zero-order valence-electron chi connectivity index (χ0n) is 13.1. The minimum absolute atomic E-state index is 0.0158. The molecule has 0 radical (unpaired) electrons. The lowest BCUT2D eigenvalue weighted by atomic mass is 9.73. The summed E-state index contributed by atoms with van der Waals surface area (Å²) in [4.78, 5) is 35.4. The van der Waals surface area contributed by atoms with Gasteiger partial charge in [0.15, 0.2) is 6.29 Å². The standard InChI is InChI=1S/C17H17N3O3/c1-10(2)17(3,9-18)13-14(16(23)20-15(13)22)19-12-7-5-4-6-11(12)8-21/h4-8,10H,1-3H3,(H2,19,20,22,23). The average molecular weight is 311 g/mol. The van der Waals surface area contributed by atoms with E-state index in [1.807, 2.05) is 13.8 Å². The fourth-order valence-electron chi connectivity index (χ4n) is 2.39. The number of carbonyl (C=O) groups excluding carboxylic acids is 3. The Labute approximate surface area is 134 Å². The van der Waals surface area contributed by atoms with E-state index in [2.05, 4.69) is 16.7 Å². The molecule has 1 aliphatic rings. The van der Waals surface area contributed by atoms with Crippen LogP contribution in [0, 0.1) is 22.7 Å². The number of para-hydroxylation sites is 1. The molecular weight excluding hydrogens is 294 g/mol. The summed E-state index contributed by atoms with van der Waals surface area (Å²) in [5.41, 5.74) is -0.254. The Morgan fingerprint density at radius 1 is 1.26 bits per heavy atom. The van der Waals surface area contributed by atoms with Crippen molar-refractivity contribution in [1.82, 2.24) is 5.32 Å². The van der Waals surface area contributed by atoms with Gasteiger partial charge in [-0.15, -0.1) is 0 Å². The summed E-state index contributed by atoms with van der Waals surface area (Å²) in [6.45, 7) is 5.24. The molecule has 1 atom stereocenters. The van der Waals surface area contributed by atoms with Gasteiger partial charge in [0.1, 0.15) is 5.70 Å². The van der Waals surface area contributed by atoms with E-state index in [4.69, 9.17) is 0 Å². The van der Waals surface area contributed by atoms with Crippen LogP contribution < -0.4 is 10.6 Å². The maximum Gasteiger partial charge on any atom is 0.275 e. The SMILES string of the molecule is CC(C)C(C)(C#N)C1=C(Nc2ccccc2C=O)C(=O)NC1=O. The topological polar surface area (TPSA) is 99.1 Å². The molecule has 6 nitrogen and oxygen atoms in total. The molecule has 0 aliphatic carbocycles. The number of nitrogens with zero attached hydrogens (tertiary/aromatic N) is 1. The van der Waals surface area contributed by atoms with Crippen LogP contribution >= 0.6 is 0 Å². The van der Waals surface area contributed by atoms with Gasteiger partial charge in [0, 0.05) is 11.3 Å². The number of benzene rings is 1. The van der Waals surface area contributed by atoms with Crippen molar-refractivity contribution in [2.24, 2.45) is 11.3 Å². The van der Waals surface area contributed by atoms with Crippen LogP contribution in [-0.2, 0) is 9.59 Å². The van der Waals surface area contributed by atoms with Crippen LogP contribution in [0.15, 0.2) is 35.5 Å². The van der Waals surface area contributed by atoms with Crippen LogP contribution in [0.25, 0.3) is 0 Å². The summed E-state index contributed by atoms with van der Waals surface area (Å²) in [7, 11) is 0. The van der Waals surface area contributed by atoms with E-state index in [1.165, 1.54) is 0 Å². The van der Waals surface area contributed by atoms with Gasteiger partial charge in [-0.1, -0.05) is 26.0 Å². The first-order chi connectivity index (χ1) is 10.8. The van der Waals surface area contributed by atoms with E-state index in [9.17, 15) is 19.6 Å². The minimum atomic E-state index is -1.13. The molecule has 1 unspecified atom stereocenters. The van der Waals surface area contributed by atoms with Crippen molar-refractivity contribution in [3.63, 3.8) is 0 Å². The molecule has 0 saturated carbocycles. The lowest BCUT2D eigenvalue weighted by molar-refractivity contribution is -0.124. The maximum absolute atomic E-state index is 12.2. The van der Waals surface area contributed by atoms with E-state index in [1.54, 1.807) is 31.2 Å². The fraction of sp³-hybridized carbons (Fsp3) is 0.294. The fourth-order valence-corrected chi connectivity index (χ4v) is 2.39. The van der Waals surface area contributed by atoms with Gasteiger partial charge in [-0.05, 0) is 25.0 Å². The van der Waals surface area contributed by atoms with E-state index in [0.717, 1.165) is 0 Å². The number of aldehydes is 1. The van der Waals surface area contributed by atoms with E-state index in [-0.39, 0.29) is 17.2 Å². The molecule has 2 amide bonds. The molecule has 1 aromatic rings. The lowest BCUT2D eigenvalue weighted by Crippen LogP contribution is -2.31. The van der Waals surface area contributed by atoms with Gasteiger partial charge in [-0.25, -0.2) is 0 Å². The molecule has 6 heteroatoms. The third-order valence-electron chi connectivity index (χ3n) is 4.18. The molecule has 0 spiro atoms. The molecule has 0 saturated heterocycles. The molecule has 1 aromatic carbocycles. The minimum Gasteiger partial charge on any atom is -0.350 e. The largest absolute Gasteiger partial charge is 0.350 e. The monoisotopic (exact) mass is 311 g/mol. The van der Waals surface area contributed by atoms with Gasteiger partial charge in [0.05, 0.1) is 17.1 Å². The zero-order chi connectivity index (χ0) is 17.2. The van der Waals surface area contributed by atoms with Crippen LogP contribution in [-0.4, -0.2) is 18.1 Å². The van der Waals surface area contributed by atoms with Gasteiger partial charge in [0.25, 0.3) is 11.8 Å². The van der Waals surface area contributed by atoms with Crippen LogP contribution in [0.3, 0.4) is 0 Å². The first-order valence-electron chi connectivity index (χ1n) is 7.18. The van der Waals surface area contributed by atoms with Gasteiger partial charge in [-0.3, -0.25) is 19.7 Å². The Hall–Kier alpha value is -2.94. The second-order valence-corrected chi connectivity index (χ2v) is 5.83. The Morgan fingerprint density at radius 2 is 1.91 bits per heavy atom. The Balaban J connectivity index is 2.60. The van der Waals surface area contributed by atoms with Crippen LogP contribution in [0.4, 0.5) is 5.69 Å². The molecule has 1 aliphatic heterocycles. The van der Waals surface area contributed by atoms with Crippen molar-refractivity contribution >= 4 is 23.8 Å². The van der Waals surface area contributed by atoms with E-state index >= 15 is 0 Å². The summed E-state index contributed by atoms with van der Waals surface area (Å²) in [6, 6.07) is 8.75. The van der Waals surface area contributed by atoms with Crippen LogP contribution in [0.5, 0.6) is 0 Å². The zero-order valence-corrected chi connectivity index (χ0v) is 13.1. The number of rotatable bonds is 5. The predicted molar refractivity (Wildman–Crippen MR) is 84.2 cm³/mol. The van der Waals surface area contributed by atoms with Gasteiger partial charge in [-0.2, -0.15) is 5.26 Å². The molecule has 23 heavy (non-hydrogen) atoms. The molecule has 0 aromatic heterocycles. The molecule has 2 N–H and O–H groups in total. The van der Waals surface area contributed by atoms with E-state index < -0.39 is 17.2 Å². The van der Waals surface area contributed by atoms with Crippen molar-refractivity contribution in [2.75, 3.05) is 5.32 Å². The number of hydrogen-bond donors (Lipinski definition) is 2. The number of amides is 2. The first kappa shape index (κ1) is 16.4. The number of nitriles is 1. The Morgan fingerprint density at radius 3 is 2.48 bits per heavy atom. The highest BCUT2D eigenvalue weighted by Crippen LogP contribution is 2.39. The third kappa shape index (κ3) is 2.73. The highest BCUT2D eigenvalue weighted by molar-refractivity contribution is 6.21. The molecule has 2 rings (SSSR count). The number of hydrogen-bond acceptors (Lipinski definition) is 5. The summed E-state index contributed by atoms with van der Waals surface area (Å²) in [6.07, 6.45) is 0.656. The predicted octanol–water partition coefficient (Wildman–Crippen LogP) is 2.01. The number of carbonyl (C=O) groups is 3. The first-order valence-corrected chi connectivity index (χ1v) is 7.18. The van der Waals surface area contributed by atoms with Gasteiger partial charge >= 0.3 is 0 Å². The average Bonchev–Trinajstić information content (AvgIpc) is 2.81. The molecule has 0 fully saturated rings. The number of anilines is 1. The number of nitrogens with one attached hydrogen (secondary N) is 2. The molecule has 0 bridgehead atoms. The smallest absolute Gasteiger partial charge is 0.275 e. The van der Waals surface area contributed by atoms with Crippen molar-refractivity contribution in [2.45, 2.75) is 20.8 Å². The van der Waals surface area contributed by atoms with Crippen molar-refractivity contribution in [3.05, 3.63) is 41.1 Å². The van der Waals surface area contributed by atoms with E-state index in [0.29, 0.717) is 17.5 Å². The summed E-state index contributed by atoms with van der Waals surface area (Å²) < 4.78 is 0. The Kier molecular flexibility index (Phi) is 4.32. The lowest BCUT2D eigenvalue weighted by Gasteiger charge is -2.27. The van der Waals surface area contributed by atoms with Gasteiger partial charge in [0.2, 0.25) is 0 Å². The normalized spacial score (nSPS) is 16.8. The molecule has 1 heterocycles. The van der Waals surface area contributed by atoms with Crippen LogP contribution in [0.1, 0.15) is 31.1 Å². The second-order valence-electron chi connectivity index (χ2n) is 5.83. The second kappa shape index (κ2) is 6.05. The summed E-state index contributed by atoms with van der Waals surface area (Å²) in [5.74, 6) is -1.37. The van der Waals surface area contributed by atoms with Gasteiger partial charge < -0.3 is 5.32 Å². The quantitative estimate of drug-likeness (QED) is 0.640. The molecular formula is C17H17N3O3. The summed E-state index contributed by atoms with van der Waals surface area (Å²) in [5, 5.41) is 14.6. The molecule has 118 valence electrons. The Bertz CT molecular complexity index is 759. The number of imide groups is 1. The highest BCUT2D eigenvalue weighted by Gasteiger charge is 2.45. The summed E-state index contributed by atoms with van der Waals surface area (Å²) >= 11 is 0. The van der Waals surface area contributed by atoms with Crippen molar-refractivity contribution in [1.29, 1.82) is 5.26 Å². The highest BCUT2D eigenvalue weighted by atomic mass is 16.2. The van der Waals surface area contributed by atoms with Crippen molar-refractivity contribution < 1.29 is 14.4 Å². The third-order valence-corrected chi connectivity index (χ3v) is 4.18. The van der Waals surface area contributed by atoms with Crippen LogP contribution in [0.2, 0.25) is 0 Å².